The predicted molar refractivity (Wildman–Crippen MR) is 98.5 cm³/mol. The van der Waals surface area contributed by atoms with Crippen LogP contribution in [0.15, 0.2) is 40.8 Å². The summed E-state index contributed by atoms with van der Waals surface area (Å²) in [5, 5.41) is 7.58. The Labute approximate surface area is 153 Å². The standard InChI is InChI=1S/C16H15BrN4O2S/c1-20-15(22)13(19-16(20)24)6-10-3-4-14(23-2)11(5-10)8-21-9-12(17)7-18-21/h3-7,9H,8H2,1-2H3,(H,19,24)/b13-6+. The van der Waals surface area contributed by atoms with Crippen molar-refractivity contribution in [1.29, 1.82) is 0 Å². The number of nitrogens with one attached hydrogen (secondary N) is 1. The highest BCUT2D eigenvalue weighted by atomic mass is 79.9. The lowest BCUT2D eigenvalue weighted by atomic mass is 10.1. The van der Waals surface area contributed by atoms with Crippen LogP contribution < -0.4 is 10.1 Å². The molecular formula is C16H15BrN4O2S. The molecule has 0 unspecified atom stereocenters. The Morgan fingerprint density at radius 3 is 2.83 bits per heavy atom. The molecule has 8 heteroatoms. The van der Waals surface area contributed by atoms with Gasteiger partial charge in [0.1, 0.15) is 11.4 Å². The molecule has 1 fully saturated rings. The van der Waals surface area contributed by atoms with E-state index in [2.05, 4.69) is 26.3 Å². The highest BCUT2D eigenvalue weighted by Gasteiger charge is 2.26. The van der Waals surface area contributed by atoms with Crippen molar-refractivity contribution in [1.82, 2.24) is 20.0 Å². The lowest BCUT2D eigenvalue weighted by Gasteiger charge is -2.10. The molecule has 0 spiro atoms. The summed E-state index contributed by atoms with van der Waals surface area (Å²) in [5.74, 6) is 0.621. The summed E-state index contributed by atoms with van der Waals surface area (Å²) in [5.41, 5.74) is 2.30. The molecule has 1 aliphatic heterocycles. The lowest BCUT2D eigenvalue weighted by Crippen LogP contribution is -2.25. The van der Waals surface area contributed by atoms with Crippen LogP contribution in [0.3, 0.4) is 0 Å². The first-order valence-corrected chi connectivity index (χ1v) is 8.33. The fourth-order valence-electron chi connectivity index (χ4n) is 2.40. The van der Waals surface area contributed by atoms with E-state index in [1.807, 2.05) is 24.4 Å². The zero-order valence-corrected chi connectivity index (χ0v) is 15.5. The summed E-state index contributed by atoms with van der Waals surface area (Å²) in [4.78, 5) is 13.5. The molecule has 0 atom stereocenters. The minimum Gasteiger partial charge on any atom is -0.496 e. The molecule has 0 radical (unpaired) electrons. The van der Waals surface area contributed by atoms with E-state index in [1.165, 1.54) is 4.90 Å². The average Bonchev–Trinajstić information content (AvgIpc) is 3.07. The van der Waals surface area contributed by atoms with E-state index >= 15 is 0 Å². The van der Waals surface area contributed by atoms with Crippen LogP contribution in [0.2, 0.25) is 0 Å². The van der Waals surface area contributed by atoms with E-state index in [9.17, 15) is 4.79 Å². The largest absolute Gasteiger partial charge is 0.496 e. The van der Waals surface area contributed by atoms with Gasteiger partial charge in [-0.3, -0.25) is 14.4 Å². The number of rotatable bonds is 4. The lowest BCUT2D eigenvalue weighted by molar-refractivity contribution is -0.121. The normalized spacial score (nSPS) is 16.0. The molecule has 0 aliphatic carbocycles. The van der Waals surface area contributed by atoms with Crippen LogP contribution in [0.1, 0.15) is 11.1 Å². The Morgan fingerprint density at radius 2 is 2.25 bits per heavy atom. The van der Waals surface area contributed by atoms with Crippen LogP contribution in [-0.2, 0) is 11.3 Å². The number of carbonyl (C=O) groups is 1. The number of ether oxygens (including phenoxy) is 1. The SMILES string of the molecule is COc1ccc(/C=C2/NC(=S)N(C)C2=O)cc1Cn1cc(Br)cn1. The van der Waals surface area contributed by atoms with Gasteiger partial charge in [-0.15, -0.1) is 0 Å². The second-order valence-corrected chi connectivity index (χ2v) is 6.58. The number of hydrogen-bond acceptors (Lipinski definition) is 4. The van der Waals surface area contributed by atoms with Gasteiger partial charge in [0, 0.05) is 18.8 Å². The Hall–Kier alpha value is -2.19. The fraction of sp³-hybridized carbons (Fsp3) is 0.188. The molecule has 1 aromatic carbocycles. The molecule has 1 aromatic heterocycles. The van der Waals surface area contributed by atoms with Gasteiger partial charge in [-0.05, 0) is 51.9 Å². The van der Waals surface area contributed by atoms with Crippen molar-refractivity contribution in [3.63, 3.8) is 0 Å². The summed E-state index contributed by atoms with van der Waals surface area (Å²) < 4.78 is 8.14. The van der Waals surface area contributed by atoms with Crippen LogP contribution in [0, 0.1) is 0 Å². The molecule has 1 amide bonds. The molecule has 2 aromatic rings. The van der Waals surface area contributed by atoms with Crippen molar-refractivity contribution in [2.24, 2.45) is 0 Å². The maximum absolute atomic E-state index is 12.1. The first-order chi connectivity index (χ1) is 11.5. The van der Waals surface area contributed by atoms with E-state index in [1.54, 1.807) is 31.1 Å². The van der Waals surface area contributed by atoms with Gasteiger partial charge < -0.3 is 10.1 Å². The van der Waals surface area contributed by atoms with Crippen molar-refractivity contribution in [3.05, 3.63) is 51.9 Å². The number of aromatic nitrogens is 2. The number of nitrogens with zero attached hydrogens (tertiary/aromatic N) is 3. The molecule has 0 bridgehead atoms. The predicted octanol–water partition coefficient (Wildman–Crippen LogP) is 2.39. The number of amides is 1. The summed E-state index contributed by atoms with van der Waals surface area (Å²) in [6, 6.07) is 5.74. The van der Waals surface area contributed by atoms with Crippen molar-refractivity contribution < 1.29 is 9.53 Å². The third-order valence-electron chi connectivity index (χ3n) is 3.63. The highest BCUT2D eigenvalue weighted by molar-refractivity contribution is 9.10. The summed E-state index contributed by atoms with van der Waals surface area (Å²) >= 11 is 8.47. The summed E-state index contributed by atoms with van der Waals surface area (Å²) in [6.07, 6.45) is 5.40. The molecule has 1 N–H and O–H groups in total. The molecule has 0 saturated carbocycles. The highest BCUT2D eigenvalue weighted by Crippen LogP contribution is 2.23. The average molecular weight is 407 g/mol. The zero-order chi connectivity index (χ0) is 17.3. The first kappa shape index (κ1) is 16.7. The third kappa shape index (κ3) is 3.34. The molecule has 24 heavy (non-hydrogen) atoms. The minimum atomic E-state index is -0.145. The van der Waals surface area contributed by atoms with E-state index in [-0.39, 0.29) is 5.91 Å². The van der Waals surface area contributed by atoms with Crippen LogP contribution in [0.4, 0.5) is 0 Å². The van der Waals surface area contributed by atoms with Crippen LogP contribution in [0.25, 0.3) is 6.08 Å². The number of halogens is 1. The molecular weight excluding hydrogens is 392 g/mol. The number of hydrogen-bond donors (Lipinski definition) is 1. The Kier molecular flexibility index (Phi) is 4.68. The first-order valence-electron chi connectivity index (χ1n) is 7.13. The summed E-state index contributed by atoms with van der Waals surface area (Å²) in [6.45, 7) is 0.561. The molecule has 1 saturated heterocycles. The number of carbonyl (C=O) groups excluding carboxylic acids is 1. The zero-order valence-electron chi connectivity index (χ0n) is 13.1. The maximum atomic E-state index is 12.1. The number of likely N-dealkylation sites (N-methyl/N-ethyl adjacent to an activating group) is 1. The topological polar surface area (TPSA) is 59.4 Å². The van der Waals surface area contributed by atoms with Crippen LogP contribution in [-0.4, -0.2) is 39.9 Å². The fourth-order valence-corrected chi connectivity index (χ4v) is 2.92. The van der Waals surface area contributed by atoms with Gasteiger partial charge in [-0.2, -0.15) is 5.10 Å². The Morgan fingerprint density at radius 1 is 1.46 bits per heavy atom. The second kappa shape index (κ2) is 6.74. The van der Waals surface area contributed by atoms with Gasteiger partial charge in [0.2, 0.25) is 0 Å². The van der Waals surface area contributed by atoms with Gasteiger partial charge in [0.25, 0.3) is 5.91 Å². The maximum Gasteiger partial charge on any atom is 0.276 e. The van der Waals surface area contributed by atoms with Crippen molar-refractivity contribution >= 4 is 45.2 Å². The van der Waals surface area contributed by atoms with E-state index in [0.717, 1.165) is 21.3 Å². The van der Waals surface area contributed by atoms with Crippen molar-refractivity contribution in [2.45, 2.75) is 6.54 Å². The minimum absolute atomic E-state index is 0.145. The Bertz CT molecular complexity index is 846. The third-order valence-corrected chi connectivity index (χ3v) is 4.42. The number of thiocarbonyl (C=S) groups is 1. The smallest absolute Gasteiger partial charge is 0.276 e. The number of methoxy groups -OCH3 is 1. The number of benzene rings is 1. The molecule has 1 aliphatic rings. The Balaban J connectivity index is 1.92. The van der Waals surface area contributed by atoms with E-state index in [0.29, 0.717) is 17.4 Å². The van der Waals surface area contributed by atoms with Gasteiger partial charge in [0.05, 0.1) is 24.3 Å². The second-order valence-electron chi connectivity index (χ2n) is 5.28. The van der Waals surface area contributed by atoms with Crippen molar-refractivity contribution in [2.75, 3.05) is 14.2 Å². The van der Waals surface area contributed by atoms with E-state index in [4.69, 9.17) is 17.0 Å². The molecule has 124 valence electrons. The van der Waals surface area contributed by atoms with Crippen LogP contribution in [0.5, 0.6) is 5.75 Å². The monoisotopic (exact) mass is 406 g/mol. The van der Waals surface area contributed by atoms with Gasteiger partial charge in [-0.25, -0.2) is 0 Å². The van der Waals surface area contributed by atoms with Gasteiger partial charge >= 0.3 is 0 Å². The molecule has 2 heterocycles. The van der Waals surface area contributed by atoms with Crippen LogP contribution >= 0.6 is 28.1 Å². The van der Waals surface area contributed by atoms with Gasteiger partial charge in [-0.1, -0.05) is 6.07 Å². The molecule has 3 rings (SSSR count). The quantitative estimate of drug-likeness (QED) is 0.623. The summed E-state index contributed by atoms with van der Waals surface area (Å²) in [7, 11) is 3.28. The van der Waals surface area contributed by atoms with Gasteiger partial charge in [0.15, 0.2) is 5.11 Å². The van der Waals surface area contributed by atoms with E-state index < -0.39 is 0 Å². The molecule has 6 nitrogen and oxygen atoms in total. The van der Waals surface area contributed by atoms with Crippen molar-refractivity contribution in [3.8, 4) is 5.75 Å².